The Hall–Kier alpha value is -2.32. The number of rotatable bonds is 2. The fraction of sp³-hybridized carbons (Fsp3) is 0.111. The van der Waals surface area contributed by atoms with E-state index in [-0.39, 0.29) is 16.1 Å². The maximum Gasteiger partial charge on any atom is 0.434 e. The second kappa shape index (κ2) is 7.25. The molecule has 1 aromatic heterocycles. The van der Waals surface area contributed by atoms with Crippen molar-refractivity contribution >= 4 is 23.2 Å². The Morgan fingerprint density at radius 1 is 0.607 bits per heavy atom. The van der Waals surface area contributed by atoms with E-state index in [1.807, 2.05) is 0 Å². The number of benzene rings is 2. The van der Waals surface area contributed by atoms with Crippen LogP contribution < -0.4 is 0 Å². The van der Waals surface area contributed by atoms with Crippen molar-refractivity contribution in [3.8, 4) is 22.6 Å². The molecule has 0 bridgehead atoms. The van der Waals surface area contributed by atoms with Crippen LogP contribution in [0, 0.1) is 0 Å². The monoisotopic (exact) mass is 436 g/mol. The van der Waals surface area contributed by atoms with Gasteiger partial charge in [-0.2, -0.15) is 26.3 Å². The minimum Gasteiger partial charge on any atom is -0.227 e. The molecule has 0 unspecified atom stereocenters. The van der Waals surface area contributed by atoms with E-state index < -0.39 is 35.1 Å². The van der Waals surface area contributed by atoms with Crippen molar-refractivity contribution in [3.63, 3.8) is 0 Å². The highest BCUT2D eigenvalue weighted by atomic mass is 35.5. The molecule has 28 heavy (non-hydrogen) atoms. The molecule has 0 fully saturated rings. The van der Waals surface area contributed by atoms with Crippen LogP contribution in [0.3, 0.4) is 0 Å². The van der Waals surface area contributed by atoms with Gasteiger partial charge in [-0.25, -0.2) is 9.97 Å². The highest BCUT2D eigenvalue weighted by Crippen LogP contribution is 2.44. The maximum absolute atomic E-state index is 13.6. The highest BCUT2D eigenvalue weighted by Gasteiger charge is 2.47. The summed E-state index contributed by atoms with van der Waals surface area (Å²) < 4.78 is 81.1. The molecule has 10 heteroatoms. The molecule has 0 aliphatic carbocycles. The zero-order valence-electron chi connectivity index (χ0n) is 13.5. The molecule has 0 amide bonds. The van der Waals surface area contributed by atoms with Crippen LogP contribution >= 0.6 is 23.2 Å². The van der Waals surface area contributed by atoms with Gasteiger partial charge in [-0.1, -0.05) is 35.3 Å². The summed E-state index contributed by atoms with van der Waals surface area (Å²) in [6, 6.07) is 10.2. The minimum absolute atomic E-state index is 0.0823. The van der Waals surface area contributed by atoms with E-state index in [0.717, 1.165) is 12.1 Å². The summed E-state index contributed by atoms with van der Waals surface area (Å²) in [5.74, 6) is -0.512. The molecule has 0 aliphatic rings. The summed E-state index contributed by atoms with van der Waals surface area (Å²) in [6.07, 6.45) is -10.7. The minimum atomic E-state index is -5.35. The van der Waals surface area contributed by atoms with Crippen molar-refractivity contribution < 1.29 is 26.3 Å². The second-order valence-electron chi connectivity index (χ2n) is 5.63. The lowest BCUT2D eigenvalue weighted by Crippen LogP contribution is -2.21. The summed E-state index contributed by atoms with van der Waals surface area (Å²) in [7, 11) is 0. The van der Waals surface area contributed by atoms with Gasteiger partial charge in [-0.3, -0.25) is 0 Å². The zero-order chi connectivity index (χ0) is 20.7. The molecule has 0 atom stereocenters. The third-order valence-corrected chi connectivity index (χ3v) is 4.19. The molecule has 1 heterocycles. The summed E-state index contributed by atoms with van der Waals surface area (Å²) in [5.41, 5.74) is -5.01. The Labute approximate surface area is 164 Å². The predicted octanol–water partition coefficient (Wildman–Crippen LogP) is 7.16. The topological polar surface area (TPSA) is 25.8 Å². The molecule has 0 saturated carbocycles. The van der Waals surface area contributed by atoms with Gasteiger partial charge in [0.1, 0.15) is 5.56 Å². The van der Waals surface area contributed by atoms with E-state index in [4.69, 9.17) is 23.2 Å². The van der Waals surface area contributed by atoms with E-state index in [1.165, 1.54) is 36.4 Å². The molecule has 0 radical (unpaired) electrons. The van der Waals surface area contributed by atoms with Crippen molar-refractivity contribution in [2.75, 3.05) is 0 Å². The van der Waals surface area contributed by atoms with Crippen LogP contribution in [0.2, 0.25) is 10.0 Å². The third-order valence-electron chi connectivity index (χ3n) is 3.68. The summed E-state index contributed by atoms with van der Waals surface area (Å²) in [5, 5.41) is 0.505. The number of halogens is 8. The van der Waals surface area contributed by atoms with Crippen molar-refractivity contribution in [3.05, 3.63) is 69.8 Å². The Kier molecular flexibility index (Phi) is 5.29. The van der Waals surface area contributed by atoms with Gasteiger partial charge in [-0.05, 0) is 36.4 Å². The van der Waals surface area contributed by atoms with Gasteiger partial charge in [0.05, 0.1) is 5.69 Å². The quantitative estimate of drug-likeness (QED) is 0.398. The number of alkyl halides is 6. The molecular weight excluding hydrogens is 429 g/mol. The number of aromatic nitrogens is 2. The Balaban J connectivity index is 2.38. The van der Waals surface area contributed by atoms with Gasteiger partial charge in [0, 0.05) is 21.2 Å². The van der Waals surface area contributed by atoms with Crippen molar-refractivity contribution in [1.29, 1.82) is 0 Å². The number of hydrogen-bond acceptors (Lipinski definition) is 2. The first kappa shape index (κ1) is 20.4. The lowest BCUT2D eigenvalue weighted by molar-refractivity contribution is -0.164. The molecule has 0 saturated heterocycles. The third kappa shape index (κ3) is 4.23. The molecule has 3 rings (SSSR count). The average molecular weight is 437 g/mol. The van der Waals surface area contributed by atoms with Gasteiger partial charge in [0.25, 0.3) is 0 Å². The normalized spacial score (nSPS) is 12.3. The van der Waals surface area contributed by atoms with Crippen LogP contribution in [-0.4, -0.2) is 9.97 Å². The van der Waals surface area contributed by atoms with E-state index >= 15 is 0 Å². The van der Waals surface area contributed by atoms with Gasteiger partial charge in [0.2, 0.25) is 0 Å². The van der Waals surface area contributed by atoms with Gasteiger partial charge in [-0.15, -0.1) is 0 Å². The van der Waals surface area contributed by atoms with E-state index in [9.17, 15) is 26.3 Å². The molecule has 0 N–H and O–H groups in total. The molecule has 0 spiro atoms. The number of nitrogens with zero attached hydrogens (tertiary/aromatic N) is 2. The van der Waals surface area contributed by atoms with Crippen molar-refractivity contribution in [2.45, 2.75) is 12.4 Å². The van der Waals surface area contributed by atoms with Gasteiger partial charge < -0.3 is 0 Å². The fourth-order valence-corrected chi connectivity index (χ4v) is 2.73. The standard InChI is InChI=1S/C18H8Cl2F6N2/c19-11-5-1-9(2-6-11)14-13(17(21,22)23)15(18(24,25)26)28-16(27-14)10-3-7-12(20)8-4-10/h1-8H. The van der Waals surface area contributed by atoms with Crippen LogP contribution in [0.15, 0.2) is 48.5 Å². The molecular formula is C18H8Cl2F6N2. The Morgan fingerprint density at radius 3 is 1.50 bits per heavy atom. The van der Waals surface area contributed by atoms with Crippen LogP contribution in [0.4, 0.5) is 26.3 Å². The van der Waals surface area contributed by atoms with Crippen LogP contribution in [0.5, 0.6) is 0 Å². The van der Waals surface area contributed by atoms with Gasteiger partial charge in [0.15, 0.2) is 11.5 Å². The van der Waals surface area contributed by atoms with E-state index in [2.05, 4.69) is 9.97 Å². The first-order valence-electron chi connectivity index (χ1n) is 7.55. The summed E-state index contributed by atoms with van der Waals surface area (Å²) >= 11 is 11.5. The Bertz CT molecular complexity index is 997. The molecule has 2 aromatic carbocycles. The molecule has 0 aliphatic heterocycles. The van der Waals surface area contributed by atoms with Crippen LogP contribution in [0.25, 0.3) is 22.6 Å². The second-order valence-corrected chi connectivity index (χ2v) is 6.50. The zero-order valence-corrected chi connectivity index (χ0v) is 15.0. The van der Waals surface area contributed by atoms with Crippen LogP contribution in [0.1, 0.15) is 11.3 Å². The smallest absolute Gasteiger partial charge is 0.227 e. The first-order chi connectivity index (χ1) is 13.0. The first-order valence-corrected chi connectivity index (χ1v) is 8.30. The summed E-state index contributed by atoms with van der Waals surface area (Å²) in [4.78, 5) is 6.98. The molecule has 3 aromatic rings. The predicted molar refractivity (Wildman–Crippen MR) is 92.9 cm³/mol. The van der Waals surface area contributed by atoms with Gasteiger partial charge >= 0.3 is 12.4 Å². The molecule has 146 valence electrons. The van der Waals surface area contributed by atoms with E-state index in [1.54, 1.807) is 0 Å². The summed E-state index contributed by atoms with van der Waals surface area (Å²) in [6.45, 7) is 0. The molecule has 2 nitrogen and oxygen atoms in total. The highest BCUT2D eigenvalue weighted by molar-refractivity contribution is 6.30. The van der Waals surface area contributed by atoms with Crippen molar-refractivity contribution in [1.82, 2.24) is 9.97 Å². The van der Waals surface area contributed by atoms with E-state index in [0.29, 0.717) is 5.02 Å². The fourth-order valence-electron chi connectivity index (χ4n) is 2.48. The average Bonchev–Trinajstić information content (AvgIpc) is 2.60. The largest absolute Gasteiger partial charge is 0.434 e. The Morgan fingerprint density at radius 2 is 1.07 bits per heavy atom. The van der Waals surface area contributed by atoms with Crippen molar-refractivity contribution in [2.24, 2.45) is 0 Å². The lowest BCUT2D eigenvalue weighted by atomic mass is 10.0. The van der Waals surface area contributed by atoms with Crippen LogP contribution in [-0.2, 0) is 12.4 Å². The number of hydrogen-bond donors (Lipinski definition) is 0. The lowest BCUT2D eigenvalue weighted by Gasteiger charge is -2.19. The SMILES string of the molecule is FC(F)(F)c1nc(-c2ccc(Cl)cc2)nc(-c2ccc(Cl)cc2)c1C(F)(F)F. The maximum atomic E-state index is 13.6.